The number of thiocarbonyl (C=S) groups is 1. The van der Waals surface area contributed by atoms with Crippen LogP contribution in [0.2, 0.25) is 0 Å². The number of hydrogen-bond acceptors (Lipinski definition) is 6. The van der Waals surface area contributed by atoms with Crippen molar-refractivity contribution in [2.24, 2.45) is 0 Å². The van der Waals surface area contributed by atoms with Crippen molar-refractivity contribution in [2.45, 2.75) is 40.7 Å². The Bertz CT molecular complexity index is 983. The van der Waals surface area contributed by atoms with E-state index < -0.39 is 0 Å². The Hall–Kier alpha value is -2.87. The molecule has 8 heteroatoms. The zero-order valence-corrected chi connectivity index (χ0v) is 20.5. The lowest BCUT2D eigenvalue weighted by molar-refractivity contribution is 0.207. The molecule has 0 spiro atoms. The fraction of sp³-hybridized carbons (Fsp3) is 0.458. The number of aryl methyl sites for hydroxylation is 3. The maximum atomic E-state index is 13.0. The van der Waals surface area contributed by atoms with Crippen molar-refractivity contribution in [3.8, 4) is 5.88 Å². The van der Waals surface area contributed by atoms with Gasteiger partial charge in [-0.05, 0) is 69.2 Å². The van der Waals surface area contributed by atoms with E-state index in [4.69, 9.17) is 21.7 Å². The second-order valence-electron chi connectivity index (χ2n) is 8.22. The van der Waals surface area contributed by atoms with Gasteiger partial charge in [0.25, 0.3) is 0 Å². The molecule has 1 atom stereocenters. The fourth-order valence-corrected chi connectivity index (χ4v) is 4.21. The predicted molar refractivity (Wildman–Crippen MR) is 132 cm³/mol. The number of carbonyl (C=O) groups is 1. The minimum absolute atomic E-state index is 0.167. The second kappa shape index (κ2) is 10.2. The maximum Gasteiger partial charge on any atom is 0.322 e. The van der Waals surface area contributed by atoms with E-state index in [1.165, 1.54) is 16.8 Å². The standard InChI is InChI=1S/C24H32N4O3S/c1-15-11-16(2)13-20(12-15)27-7-9-28(10-8-27)24(29)26-22-14-21(18(4)31-19(5)32)17(3)25-23(22)30-6/h11-14,18H,7-10H2,1-6H3,(H,26,29). The number of ether oxygens (including phenoxy) is 2. The Morgan fingerprint density at radius 2 is 1.72 bits per heavy atom. The van der Waals surface area contributed by atoms with Crippen LogP contribution in [0.3, 0.4) is 0 Å². The van der Waals surface area contributed by atoms with Gasteiger partial charge < -0.3 is 24.6 Å². The molecule has 2 amide bonds. The molecule has 172 valence electrons. The third-order valence-electron chi connectivity index (χ3n) is 5.57. The monoisotopic (exact) mass is 456 g/mol. The first-order valence-corrected chi connectivity index (χ1v) is 11.2. The summed E-state index contributed by atoms with van der Waals surface area (Å²) in [4.78, 5) is 21.6. The van der Waals surface area contributed by atoms with Crippen LogP contribution in [0.4, 0.5) is 16.2 Å². The van der Waals surface area contributed by atoms with Crippen LogP contribution < -0.4 is 15.0 Å². The Morgan fingerprint density at radius 3 is 2.28 bits per heavy atom. The van der Waals surface area contributed by atoms with Crippen LogP contribution >= 0.6 is 12.2 Å². The van der Waals surface area contributed by atoms with Gasteiger partial charge in [0.1, 0.15) is 11.8 Å². The molecular weight excluding hydrogens is 424 g/mol. The molecule has 0 saturated carbocycles. The van der Waals surface area contributed by atoms with E-state index in [0.717, 1.165) is 24.3 Å². The van der Waals surface area contributed by atoms with Gasteiger partial charge in [0, 0.05) is 50.0 Å². The Labute approximate surface area is 195 Å². The van der Waals surface area contributed by atoms with E-state index in [1.54, 1.807) is 14.0 Å². The van der Waals surface area contributed by atoms with E-state index in [1.807, 2.05) is 24.8 Å². The van der Waals surface area contributed by atoms with Gasteiger partial charge in [0.15, 0.2) is 5.05 Å². The predicted octanol–water partition coefficient (Wildman–Crippen LogP) is 4.79. The highest BCUT2D eigenvalue weighted by atomic mass is 32.1. The molecule has 1 aliphatic heterocycles. The van der Waals surface area contributed by atoms with E-state index in [-0.39, 0.29) is 12.1 Å². The van der Waals surface area contributed by atoms with Crippen molar-refractivity contribution in [1.82, 2.24) is 9.88 Å². The zero-order chi connectivity index (χ0) is 23.4. The number of nitrogens with one attached hydrogen (secondary N) is 1. The summed E-state index contributed by atoms with van der Waals surface area (Å²) < 4.78 is 11.1. The molecule has 1 saturated heterocycles. The first kappa shape index (κ1) is 23.8. The molecular formula is C24H32N4O3S. The van der Waals surface area contributed by atoms with Crippen LogP contribution in [0.15, 0.2) is 24.3 Å². The number of rotatable bonds is 5. The molecule has 2 heterocycles. The summed E-state index contributed by atoms with van der Waals surface area (Å²) in [7, 11) is 1.54. The van der Waals surface area contributed by atoms with Gasteiger partial charge >= 0.3 is 6.03 Å². The molecule has 1 aliphatic rings. The second-order valence-corrected chi connectivity index (χ2v) is 8.80. The Kier molecular flexibility index (Phi) is 7.56. The highest BCUT2D eigenvalue weighted by Crippen LogP contribution is 2.30. The summed E-state index contributed by atoms with van der Waals surface area (Å²) in [6.45, 7) is 12.6. The first-order chi connectivity index (χ1) is 15.2. The third kappa shape index (κ3) is 5.68. The lowest BCUT2D eigenvalue weighted by Gasteiger charge is -2.36. The number of amides is 2. The Balaban J connectivity index is 1.69. The minimum Gasteiger partial charge on any atom is -0.480 e. The van der Waals surface area contributed by atoms with E-state index in [9.17, 15) is 4.79 Å². The van der Waals surface area contributed by atoms with E-state index >= 15 is 0 Å². The number of methoxy groups -OCH3 is 1. The summed E-state index contributed by atoms with van der Waals surface area (Å²) in [5, 5.41) is 3.43. The highest BCUT2D eigenvalue weighted by molar-refractivity contribution is 7.80. The van der Waals surface area contributed by atoms with Crippen molar-refractivity contribution in [3.05, 3.63) is 46.6 Å². The van der Waals surface area contributed by atoms with Gasteiger partial charge in [-0.2, -0.15) is 0 Å². The van der Waals surface area contributed by atoms with Gasteiger partial charge in [-0.25, -0.2) is 9.78 Å². The van der Waals surface area contributed by atoms with Crippen LogP contribution in [-0.2, 0) is 4.74 Å². The van der Waals surface area contributed by atoms with Gasteiger partial charge in [-0.1, -0.05) is 6.07 Å². The van der Waals surface area contributed by atoms with Gasteiger partial charge in [-0.3, -0.25) is 0 Å². The molecule has 7 nitrogen and oxygen atoms in total. The molecule has 1 unspecified atom stereocenters. The van der Waals surface area contributed by atoms with Crippen molar-refractivity contribution in [1.29, 1.82) is 0 Å². The average molecular weight is 457 g/mol. The van der Waals surface area contributed by atoms with Crippen LogP contribution in [0, 0.1) is 20.8 Å². The van der Waals surface area contributed by atoms with Gasteiger partial charge in [0.2, 0.25) is 5.88 Å². The average Bonchev–Trinajstić information content (AvgIpc) is 2.73. The molecule has 32 heavy (non-hydrogen) atoms. The zero-order valence-electron chi connectivity index (χ0n) is 19.7. The molecule has 3 rings (SSSR count). The number of benzene rings is 1. The fourth-order valence-electron chi connectivity index (χ4n) is 4.06. The molecule has 1 aromatic carbocycles. The normalized spacial score (nSPS) is 14.7. The quantitative estimate of drug-likeness (QED) is 0.653. The van der Waals surface area contributed by atoms with Crippen LogP contribution in [-0.4, -0.2) is 54.3 Å². The molecule has 1 fully saturated rings. The number of pyridine rings is 1. The van der Waals surface area contributed by atoms with Gasteiger partial charge in [0.05, 0.1) is 7.11 Å². The largest absolute Gasteiger partial charge is 0.480 e. The van der Waals surface area contributed by atoms with Crippen molar-refractivity contribution in [2.75, 3.05) is 43.5 Å². The van der Waals surface area contributed by atoms with Gasteiger partial charge in [-0.15, -0.1) is 0 Å². The molecule has 2 aromatic rings. The number of piperazine rings is 1. The van der Waals surface area contributed by atoms with Crippen molar-refractivity contribution in [3.63, 3.8) is 0 Å². The maximum absolute atomic E-state index is 13.0. The SMILES string of the molecule is COc1nc(C)c(C(C)OC(C)=S)cc1NC(=O)N1CCN(c2cc(C)cc(C)c2)CC1. The summed E-state index contributed by atoms with van der Waals surface area (Å²) in [5.74, 6) is 0.375. The third-order valence-corrected chi connectivity index (χ3v) is 5.67. The van der Waals surface area contributed by atoms with Crippen LogP contribution in [0.5, 0.6) is 5.88 Å². The number of anilines is 2. The number of carbonyl (C=O) groups excluding carboxylic acids is 1. The lowest BCUT2D eigenvalue weighted by Crippen LogP contribution is -2.50. The molecule has 0 radical (unpaired) electrons. The number of aromatic nitrogens is 1. The first-order valence-electron chi connectivity index (χ1n) is 10.8. The molecule has 1 aromatic heterocycles. The number of nitrogens with zero attached hydrogens (tertiary/aromatic N) is 3. The Morgan fingerprint density at radius 1 is 1.09 bits per heavy atom. The number of hydrogen-bond donors (Lipinski definition) is 1. The van der Waals surface area contributed by atoms with E-state index in [0.29, 0.717) is 29.7 Å². The highest BCUT2D eigenvalue weighted by Gasteiger charge is 2.24. The molecule has 1 N–H and O–H groups in total. The van der Waals surface area contributed by atoms with Crippen LogP contribution in [0.1, 0.15) is 42.3 Å². The smallest absolute Gasteiger partial charge is 0.322 e. The summed E-state index contributed by atoms with van der Waals surface area (Å²) >= 11 is 5.06. The van der Waals surface area contributed by atoms with Crippen molar-refractivity contribution < 1.29 is 14.3 Å². The molecule has 0 aliphatic carbocycles. The van der Waals surface area contributed by atoms with E-state index in [2.05, 4.69) is 47.2 Å². The topological polar surface area (TPSA) is 66.9 Å². The van der Waals surface area contributed by atoms with Crippen LogP contribution in [0.25, 0.3) is 0 Å². The summed E-state index contributed by atoms with van der Waals surface area (Å²) in [5.41, 5.74) is 5.84. The lowest BCUT2D eigenvalue weighted by atomic mass is 10.1. The van der Waals surface area contributed by atoms with Crippen molar-refractivity contribution >= 4 is 34.7 Å². The molecule has 0 bridgehead atoms. The summed E-state index contributed by atoms with van der Waals surface area (Å²) in [6, 6.07) is 8.24. The number of urea groups is 1. The summed E-state index contributed by atoms with van der Waals surface area (Å²) in [6.07, 6.45) is -0.275. The minimum atomic E-state index is -0.275.